The predicted octanol–water partition coefficient (Wildman–Crippen LogP) is 4.96. The maximum Gasteiger partial charge on any atom is 0.154 e. The van der Waals surface area contributed by atoms with E-state index in [4.69, 9.17) is 4.74 Å². The van der Waals surface area contributed by atoms with Crippen LogP contribution in [0.1, 0.15) is 36.9 Å². The molecule has 0 spiro atoms. The van der Waals surface area contributed by atoms with E-state index >= 15 is 4.39 Å². The number of benzene rings is 2. The van der Waals surface area contributed by atoms with Crippen molar-refractivity contribution >= 4 is 0 Å². The number of aliphatic hydroxyl groups is 1. The van der Waals surface area contributed by atoms with E-state index in [0.717, 1.165) is 22.7 Å². The van der Waals surface area contributed by atoms with Gasteiger partial charge in [-0.1, -0.05) is 29.8 Å². The second-order valence-corrected chi connectivity index (χ2v) is 7.59. The number of alkyl halides is 1. The van der Waals surface area contributed by atoms with Crippen molar-refractivity contribution in [3.8, 4) is 22.7 Å². The molecule has 3 aromatic rings. The molecule has 0 atom stereocenters. The van der Waals surface area contributed by atoms with Crippen LogP contribution in [0.25, 0.3) is 16.9 Å². The van der Waals surface area contributed by atoms with Gasteiger partial charge in [0.05, 0.1) is 24.6 Å². The summed E-state index contributed by atoms with van der Waals surface area (Å²) >= 11 is 0. The maximum atomic E-state index is 15.7. The van der Waals surface area contributed by atoms with E-state index < -0.39 is 11.8 Å². The Morgan fingerprint density at radius 3 is 2.32 bits per heavy atom. The van der Waals surface area contributed by atoms with Crippen molar-refractivity contribution in [3.63, 3.8) is 0 Å². The van der Waals surface area contributed by atoms with Gasteiger partial charge in [0.1, 0.15) is 11.4 Å². The van der Waals surface area contributed by atoms with Crippen LogP contribution in [0, 0.1) is 6.92 Å². The van der Waals surface area contributed by atoms with Gasteiger partial charge in [0, 0.05) is 5.56 Å². The van der Waals surface area contributed by atoms with Crippen molar-refractivity contribution in [2.45, 2.75) is 44.4 Å². The highest BCUT2D eigenvalue weighted by atomic mass is 19.1. The molecule has 0 amide bonds. The predicted molar refractivity (Wildman–Crippen MR) is 108 cm³/mol. The Morgan fingerprint density at radius 2 is 1.71 bits per heavy atom. The van der Waals surface area contributed by atoms with Gasteiger partial charge in [-0.25, -0.2) is 9.07 Å². The molecule has 1 N–H and O–H groups in total. The number of nitrogens with zero attached hydrogens (tertiary/aromatic N) is 2. The Bertz CT molecular complexity index is 940. The zero-order valence-electron chi connectivity index (χ0n) is 16.2. The summed E-state index contributed by atoms with van der Waals surface area (Å²) in [6, 6.07) is 17.6. The number of aromatic nitrogens is 2. The van der Waals surface area contributed by atoms with Gasteiger partial charge < -0.3 is 9.84 Å². The third kappa shape index (κ3) is 3.54. The zero-order valence-corrected chi connectivity index (χ0v) is 16.2. The first kappa shape index (κ1) is 18.7. The van der Waals surface area contributed by atoms with Gasteiger partial charge >= 0.3 is 0 Å². The number of hydrogen-bond acceptors (Lipinski definition) is 3. The number of aliphatic hydroxyl groups excluding tert-OH is 1. The van der Waals surface area contributed by atoms with Crippen molar-refractivity contribution < 1.29 is 14.2 Å². The average Bonchev–Trinajstić information content (AvgIpc) is 3.17. The number of rotatable bonds is 4. The van der Waals surface area contributed by atoms with E-state index in [2.05, 4.69) is 5.10 Å². The second-order valence-electron chi connectivity index (χ2n) is 7.59. The van der Waals surface area contributed by atoms with Crippen molar-refractivity contribution in [1.29, 1.82) is 0 Å². The van der Waals surface area contributed by atoms with Crippen LogP contribution in [0.3, 0.4) is 0 Å². The highest BCUT2D eigenvalue weighted by molar-refractivity contribution is 5.63. The first-order valence-electron chi connectivity index (χ1n) is 9.67. The Morgan fingerprint density at radius 1 is 1.07 bits per heavy atom. The van der Waals surface area contributed by atoms with E-state index in [1.54, 1.807) is 11.8 Å². The van der Waals surface area contributed by atoms with Crippen molar-refractivity contribution in [2.24, 2.45) is 0 Å². The van der Waals surface area contributed by atoms with E-state index in [9.17, 15) is 5.11 Å². The molecule has 1 fully saturated rings. The normalized spacial score (nSPS) is 22.2. The van der Waals surface area contributed by atoms with Crippen LogP contribution in [-0.2, 0) is 5.67 Å². The quantitative estimate of drug-likeness (QED) is 0.696. The van der Waals surface area contributed by atoms with Gasteiger partial charge in [0.25, 0.3) is 0 Å². The minimum absolute atomic E-state index is 0.293. The van der Waals surface area contributed by atoms with E-state index in [1.165, 1.54) is 5.56 Å². The van der Waals surface area contributed by atoms with E-state index in [1.807, 2.05) is 61.5 Å². The summed E-state index contributed by atoms with van der Waals surface area (Å²) in [5, 5.41) is 14.4. The monoisotopic (exact) mass is 380 g/mol. The van der Waals surface area contributed by atoms with Crippen molar-refractivity contribution in [3.05, 3.63) is 65.9 Å². The van der Waals surface area contributed by atoms with Crippen LogP contribution in [0.5, 0.6) is 5.75 Å². The fraction of sp³-hybridized carbons (Fsp3) is 0.348. The zero-order chi connectivity index (χ0) is 19.7. The van der Waals surface area contributed by atoms with E-state index in [-0.39, 0.29) is 0 Å². The van der Waals surface area contributed by atoms with E-state index in [0.29, 0.717) is 31.4 Å². The molecule has 1 saturated carbocycles. The summed E-state index contributed by atoms with van der Waals surface area (Å²) in [6.45, 7) is 2.04. The summed E-state index contributed by atoms with van der Waals surface area (Å²) in [5.41, 5.74) is 2.79. The van der Waals surface area contributed by atoms with Gasteiger partial charge in [-0.15, -0.1) is 0 Å². The lowest BCUT2D eigenvalue weighted by Gasteiger charge is -2.30. The smallest absolute Gasteiger partial charge is 0.154 e. The Balaban J connectivity index is 1.80. The van der Waals surface area contributed by atoms with Gasteiger partial charge in [-0.3, -0.25) is 0 Å². The summed E-state index contributed by atoms with van der Waals surface area (Å²) < 4.78 is 22.7. The van der Waals surface area contributed by atoms with Crippen molar-refractivity contribution in [2.75, 3.05) is 7.11 Å². The molecule has 1 aromatic heterocycles. The first-order chi connectivity index (χ1) is 13.5. The summed E-state index contributed by atoms with van der Waals surface area (Å²) in [7, 11) is 1.63. The summed E-state index contributed by atoms with van der Waals surface area (Å²) in [5.74, 6) is 0.760. The number of halogens is 1. The fourth-order valence-electron chi connectivity index (χ4n) is 3.77. The summed E-state index contributed by atoms with van der Waals surface area (Å²) in [4.78, 5) is 0. The molecular weight excluding hydrogens is 355 g/mol. The molecular formula is C23H25FN2O2. The SMILES string of the molecule is COc1ccc(-n2nc(C3(F)CCC(O)CC3)cc2-c2ccc(C)cc2)cc1. The van der Waals surface area contributed by atoms with Gasteiger partial charge in [-0.2, -0.15) is 5.10 Å². The lowest BCUT2D eigenvalue weighted by Crippen LogP contribution is -2.30. The standard InChI is InChI=1S/C23H25FN2O2/c1-16-3-5-17(6-4-16)21-15-22(23(24)13-11-19(27)12-14-23)25-26(21)18-7-9-20(28-2)10-8-18/h3-10,15,19,27H,11-14H2,1-2H3. The highest BCUT2D eigenvalue weighted by Gasteiger charge is 2.39. The van der Waals surface area contributed by atoms with Gasteiger partial charge in [0.2, 0.25) is 0 Å². The van der Waals surface area contributed by atoms with Crippen molar-refractivity contribution in [1.82, 2.24) is 9.78 Å². The highest BCUT2D eigenvalue weighted by Crippen LogP contribution is 2.42. The van der Waals surface area contributed by atoms with Crippen LogP contribution in [0.15, 0.2) is 54.6 Å². The Kier molecular flexibility index (Phi) is 4.94. The molecule has 28 heavy (non-hydrogen) atoms. The van der Waals surface area contributed by atoms with Crippen LogP contribution in [0.4, 0.5) is 4.39 Å². The fourth-order valence-corrected chi connectivity index (χ4v) is 3.77. The van der Waals surface area contributed by atoms with Crippen LogP contribution < -0.4 is 4.74 Å². The molecule has 0 saturated heterocycles. The van der Waals surface area contributed by atoms with Gasteiger partial charge in [0.15, 0.2) is 5.67 Å². The molecule has 1 heterocycles. The molecule has 4 rings (SSSR count). The number of methoxy groups -OCH3 is 1. The topological polar surface area (TPSA) is 47.3 Å². The molecule has 2 aromatic carbocycles. The van der Waals surface area contributed by atoms with Crippen LogP contribution in [-0.4, -0.2) is 28.1 Å². The number of aryl methyl sites for hydroxylation is 1. The third-order valence-corrected chi connectivity index (χ3v) is 5.58. The molecule has 0 aliphatic heterocycles. The lowest BCUT2D eigenvalue weighted by molar-refractivity contribution is 0.0283. The molecule has 1 aliphatic carbocycles. The molecule has 0 unspecified atom stereocenters. The molecule has 4 nitrogen and oxygen atoms in total. The Hall–Kier alpha value is -2.66. The maximum absolute atomic E-state index is 15.7. The minimum Gasteiger partial charge on any atom is -0.497 e. The first-order valence-corrected chi connectivity index (χ1v) is 9.67. The average molecular weight is 380 g/mol. The molecule has 0 radical (unpaired) electrons. The van der Waals surface area contributed by atoms with Crippen LogP contribution in [0.2, 0.25) is 0 Å². The Labute approximate surface area is 164 Å². The minimum atomic E-state index is -1.50. The largest absolute Gasteiger partial charge is 0.497 e. The molecule has 0 bridgehead atoms. The number of hydrogen-bond donors (Lipinski definition) is 1. The number of ether oxygens (including phenoxy) is 1. The van der Waals surface area contributed by atoms with Gasteiger partial charge in [-0.05, 0) is 62.9 Å². The molecule has 146 valence electrons. The lowest BCUT2D eigenvalue weighted by atomic mass is 9.82. The van der Waals surface area contributed by atoms with Crippen LogP contribution >= 0.6 is 0 Å². The molecule has 1 aliphatic rings. The summed E-state index contributed by atoms with van der Waals surface area (Å²) in [6.07, 6.45) is 1.10. The second kappa shape index (κ2) is 7.40. The molecule has 5 heteroatoms. The third-order valence-electron chi connectivity index (χ3n) is 5.58.